The second kappa shape index (κ2) is 9.47. The number of aliphatic hydroxyl groups is 1. The predicted molar refractivity (Wildman–Crippen MR) is 98.5 cm³/mol. The summed E-state index contributed by atoms with van der Waals surface area (Å²) in [5.41, 5.74) is 0.158. The lowest BCUT2D eigenvalue weighted by molar-refractivity contribution is -0.247. The van der Waals surface area contributed by atoms with E-state index in [-0.39, 0.29) is 22.7 Å². The van der Waals surface area contributed by atoms with Crippen molar-refractivity contribution in [3.05, 3.63) is 12.2 Å². The van der Waals surface area contributed by atoms with E-state index in [1.165, 1.54) is 6.92 Å². The Kier molecular flexibility index (Phi) is 8.40. The number of carbonyl (C=O) groups is 2. The van der Waals surface area contributed by atoms with Crippen molar-refractivity contribution in [2.24, 2.45) is 0 Å². The van der Waals surface area contributed by atoms with Gasteiger partial charge in [0.15, 0.2) is 5.78 Å². The average molecular weight is 534 g/mol. The highest BCUT2D eigenvalue weighted by atomic mass is 32.2. The first-order valence-electron chi connectivity index (χ1n) is 8.88. The zero-order chi connectivity index (χ0) is 26.2. The third-order valence-electron chi connectivity index (χ3n) is 4.68. The topological polar surface area (TPSA) is 149 Å². The molecule has 0 spiro atoms. The fourth-order valence-electron chi connectivity index (χ4n) is 2.62. The van der Waals surface area contributed by atoms with Gasteiger partial charge in [-0.25, -0.2) is 8.42 Å². The molecule has 0 saturated carbocycles. The Labute approximate surface area is 184 Å². The van der Waals surface area contributed by atoms with Crippen molar-refractivity contribution in [3.63, 3.8) is 0 Å². The molecule has 1 fully saturated rings. The normalized spacial score (nSPS) is 18.2. The Hall–Kier alpha value is -1.76. The van der Waals surface area contributed by atoms with Gasteiger partial charge >= 0.3 is 26.5 Å². The molecule has 1 aliphatic rings. The van der Waals surface area contributed by atoms with Gasteiger partial charge in [0.25, 0.3) is 15.9 Å². The summed E-state index contributed by atoms with van der Waals surface area (Å²) in [5.74, 6) is -8.55. The van der Waals surface area contributed by atoms with Gasteiger partial charge in [-0.05, 0) is 18.9 Å². The molecule has 33 heavy (non-hydrogen) atoms. The van der Waals surface area contributed by atoms with Crippen molar-refractivity contribution in [1.29, 1.82) is 0 Å². The summed E-state index contributed by atoms with van der Waals surface area (Å²) in [5, 5.41) is -3.68. The van der Waals surface area contributed by atoms with Gasteiger partial charge in [0.1, 0.15) is 6.10 Å². The number of nitrogens with zero attached hydrogens (tertiary/aromatic N) is 2. The lowest BCUT2D eigenvalue weighted by Crippen LogP contribution is -2.64. The van der Waals surface area contributed by atoms with Crippen LogP contribution < -0.4 is 0 Å². The minimum atomic E-state index is -7.14. The van der Waals surface area contributed by atoms with Gasteiger partial charge in [-0.15, -0.1) is 0 Å². The number of allylic oxidation sites excluding steroid dienone is 1. The summed E-state index contributed by atoms with van der Waals surface area (Å²) >= 11 is 0. The Morgan fingerprint density at radius 1 is 0.970 bits per heavy atom. The van der Waals surface area contributed by atoms with Crippen LogP contribution in [0.15, 0.2) is 12.2 Å². The number of amides is 1. The number of ketones is 1. The third-order valence-corrected chi connectivity index (χ3v) is 7.53. The molecular formula is C15H20F6N2O8S2. The summed E-state index contributed by atoms with van der Waals surface area (Å²) in [6.45, 7) is 1.14. The molecule has 1 unspecified atom stereocenters. The van der Waals surface area contributed by atoms with Crippen LogP contribution in [0.5, 0.6) is 0 Å². The fraction of sp³-hybridized carbons (Fsp3) is 0.733. The van der Waals surface area contributed by atoms with E-state index < -0.39 is 80.5 Å². The Morgan fingerprint density at radius 3 is 1.82 bits per heavy atom. The van der Waals surface area contributed by atoms with Crippen LogP contribution in [0.1, 0.15) is 19.8 Å². The van der Waals surface area contributed by atoms with E-state index in [2.05, 4.69) is 6.58 Å². The molecule has 0 aliphatic carbocycles. The molecular weight excluding hydrogens is 514 g/mol. The maximum atomic E-state index is 14.0. The van der Waals surface area contributed by atoms with E-state index in [4.69, 9.17) is 4.55 Å². The first-order valence-corrected chi connectivity index (χ1v) is 11.8. The number of Topliss-reactive ketones (excluding diaryl/α,β-unsaturated/α-hetero) is 1. The van der Waals surface area contributed by atoms with Crippen molar-refractivity contribution >= 4 is 31.8 Å². The van der Waals surface area contributed by atoms with Crippen LogP contribution in [0.3, 0.4) is 0 Å². The summed E-state index contributed by atoms with van der Waals surface area (Å²) in [6.07, 6.45) is -2.35. The molecule has 0 bridgehead atoms. The summed E-state index contributed by atoms with van der Waals surface area (Å²) in [6, 6.07) is 0. The van der Waals surface area contributed by atoms with Crippen molar-refractivity contribution in [1.82, 2.24) is 9.21 Å². The molecule has 0 aromatic rings. The molecule has 18 heteroatoms. The van der Waals surface area contributed by atoms with Crippen LogP contribution in [-0.2, 0) is 29.7 Å². The van der Waals surface area contributed by atoms with E-state index in [1.54, 1.807) is 0 Å². The molecule has 0 radical (unpaired) electrons. The minimum absolute atomic E-state index is 0.158. The lowest BCUT2D eigenvalue weighted by Gasteiger charge is -2.38. The van der Waals surface area contributed by atoms with E-state index in [0.29, 0.717) is 0 Å². The smallest absolute Gasteiger partial charge is 0.383 e. The number of piperazine rings is 1. The number of rotatable bonds is 10. The molecule has 1 atom stereocenters. The molecule has 1 aliphatic heterocycles. The van der Waals surface area contributed by atoms with Gasteiger partial charge in [-0.1, -0.05) is 6.58 Å². The van der Waals surface area contributed by atoms with Crippen molar-refractivity contribution in [3.8, 4) is 0 Å². The van der Waals surface area contributed by atoms with Crippen molar-refractivity contribution in [2.75, 3.05) is 26.2 Å². The SMILES string of the molecule is C=C(C)C(=O)CCC(O)C(=O)N1CCN(S(=O)(=O)C(F)(F)C(F)(F)C(F)(F)S(=O)(=O)O)CC1. The second-order valence-corrected chi connectivity index (χ2v) is 10.5. The number of hydrogen-bond acceptors (Lipinski definition) is 7. The fourth-order valence-corrected chi connectivity index (χ4v) is 4.56. The van der Waals surface area contributed by atoms with E-state index >= 15 is 0 Å². The molecule has 1 rings (SSSR count). The van der Waals surface area contributed by atoms with Gasteiger partial charge in [-0.2, -0.15) is 39.1 Å². The van der Waals surface area contributed by atoms with Gasteiger partial charge in [0, 0.05) is 32.6 Å². The Balaban J connectivity index is 2.97. The zero-order valence-electron chi connectivity index (χ0n) is 16.8. The number of aliphatic hydroxyl groups excluding tert-OH is 1. The first kappa shape index (κ1) is 29.3. The quantitative estimate of drug-likeness (QED) is 0.233. The maximum absolute atomic E-state index is 14.0. The molecule has 192 valence electrons. The van der Waals surface area contributed by atoms with E-state index in [9.17, 15) is 57.9 Å². The molecule has 1 amide bonds. The summed E-state index contributed by atoms with van der Waals surface area (Å²) in [4.78, 5) is 24.4. The molecule has 2 N–H and O–H groups in total. The highest BCUT2D eigenvalue weighted by Gasteiger charge is 2.82. The predicted octanol–water partition coefficient (Wildman–Crippen LogP) is 0.455. The first-order chi connectivity index (χ1) is 14.6. The number of halogens is 6. The summed E-state index contributed by atoms with van der Waals surface area (Å²) in [7, 11) is -13.8. The van der Waals surface area contributed by atoms with Crippen LogP contribution in [0.25, 0.3) is 0 Å². The number of alkyl halides is 6. The van der Waals surface area contributed by atoms with Gasteiger partial charge < -0.3 is 10.0 Å². The Bertz CT molecular complexity index is 1010. The van der Waals surface area contributed by atoms with Crippen LogP contribution in [-0.4, -0.2) is 96.1 Å². The zero-order valence-corrected chi connectivity index (χ0v) is 18.5. The number of carbonyl (C=O) groups excluding carboxylic acids is 2. The minimum Gasteiger partial charge on any atom is -0.383 e. The average Bonchev–Trinajstić information content (AvgIpc) is 2.69. The Morgan fingerprint density at radius 2 is 1.42 bits per heavy atom. The highest BCUT2D eigenvalue weighted by Crippen LogP contribution is 2.51. The monoisotopic (exact) mass is 534 g/mol. The molecule has 1 heterocycles. The van der Waals surface area contributed by atoms with Crippen LogP contribution in [0.4, 0.5) is 26.3 Å². The van der Waals surface area contributed by atoms with Crippen molar-refractivity contribution in [2.45, 2.75) is 42.3 Å². The van der Waals surface area contributed by atoms with Gasteiger partial charge in [0.2, 0.25) is 0 Å². The third kappa shape index (κ3) is 5.33. The van der Waals surface area contributed by atoms with Crippen LogP contribution in [0.2, 0.25) is 0 Å². The molecule has 1 saturated heterocycles. The molecule has 0 aromatic heterocycles. The standard InChI is InChI=1S/C15H20F6N2O8S2/c1-9(2)10(24)3-4-11(25)12(26)22-5-7-23(8-6-22)32(27,28)14(18,19)13(16,17)15(20,21)33(29,30)31/h11,25H,1,3-8H2,2H3,(H,29,30,31). The van der Waals surface area contributed by atoms with Gasteiger partial charge in [0.05, 0.1) is 0 Å². The largest absolute Gasteiger partial charge is 0.439 e. The lowest BCUT2D eigenvalue weighted by atomic mass is 10.1. The number of hydrogen-bond donors (Lipinski definition) is 2. The summed E-state index contributed by atoms with van der Waals surface area (Å²) < 4.78 is 135. The maximum Gasteiger partial charge on any atom is 0.439 e. The van der Waals surface area contributed by atoms with E-state index in [0.717, 1.165) is 4.90 Å². The molecule has 10 nitrogen and oxygen atoms in total. The molecule has 0 aromatic carbocycles. The van der Waals surface area contributed by atoms with Crippen LogP contribution >= 0.6 is 0 Å². The number of sulfonamides is 1. The van der Waals surface area contributed by atoms with Gasteiger partial charge in [-0.3, -0.25) is 14.1 Å². The van der Waals surface area contributed by atoms with E-state index in [1.807, 2.05) is 0 Å². The highest BCUT2D eigenvalue weighted by molar-refractivity contribution is 7.90. The van der Waals surface area contributed by atoms with Crippen LogP contribution in [0, 0.1) is 0 Å². The second-order valence-electron chi connectivity index (χ2n) is 7.07. The van der Waals surface area contributed by atoms with Crippen molar-refractivity contribution < 1.29 is 62.4 Å².